The minimum absolute atomic E-state index is 0.340. The van der Waals surface area contributed by atoms with Crippen molar-refractivity contribution in [3.8, 4) is 5.75 Å². The van der Waals surface area contributed by atoms with Gasteiger partial charge in [0.05, 0.1) is 18.8 Å². The van der Waals surface area contributed by atoms with E-state index < -0.39 is 24.3 Å². The predicted molar refractivity (Wildman–Crippen MR) is 110 cm³/mol. The van der Waals surface area contributed by atoms with Gasteiger partial charge in [0.25, 0.3) is 0 Å². The van der Waals surface area contributed by atoms with E-state index in [0.29, 0.717) is 37.2 Å². The minimum atomic E-state index is -0.630. The number of benzene rings is 1. The molecule has 2 atom stereocenters. The summed E-state index contributed by atoms with van der Waals surface area (Å²) < 4.78 is 11.3. The van der Waals surface area contributed by atoms with Crippen LogP contribution in [0.4, 0.5) is 0 Å². The number of hydrogen-bond donors (Lipinski definition) is 2. The maximum atomic E-state index is 12.5. The summed E-state index contributed by atoms with van der Waals surface area (Å²) in [5, 5.41) is 19.5. The van der Waals surface area contributed by atoms with E-state index in [1.807, 2.05) is 6.07 Å². The zero-order chi connectivity index (χ0) is 20.2. The molecule has 28 heavy (non-hydrogen) atoms. The van der Waals surface area contributed by atoms with Crippen molar-refractivity contribution in [3.05, 3.63) is 29.8 Å². The number of aliphatic hydroxyl groups is 2. The average Bonchev–Trinajstić information content (AvgIpc) is 2.66. The Labute approximate surface area is 169 Å². The first-order valence-electron chi connectivity index (χ1n) is 10.9. The molecule has 1 aromatic carbocycles. The molecule has 5 nitrogen and oxygen atoms in total. The van der Waals surface area contributed by atoms with Gasteiger partial charge in [0, 0.05) is 12.8 Å². The standard InChI is InChI=1S/C23H36O5/c1-2-3-4-5-6-7-8-11-14-27-22-13-10-9-12-21(22)23(26)28-20-16-18(24)15-19(25)17-20/h9-10,12-13,18-20,24-25H,2-8,11,14-17H2,1H3/t18-,19-/m1/s1. The summed E-state index contributed by atoms with van der Waals surface area (Å²) in [4.78, 5) is 12.5. The highest BCUT2D eigenvalue weighted by Crippen LogP contribution is 2.25. The smallest absolute Gasteiger partial charge is 0.342 e. The van der Waals surface area contributed by atoms with Crippen LogP contribution >= 0.6 is 0 Å². The second-order valence-corrected chi connectivity index (χ2v) is 7.86. The Balaban J connectivity index is 1.73. The summed E-state index contributed by atoms with van der Waals surface area (Å²) in [5.41, 5.74) is 0.400. The number of rotatable bonds is 12. The van der Waals surface area contributed by atoms with Gasteiger partial charge in [0.2, 0.25) is 0 Å². The average molecular weight is 393 g/mol. The Morgan fingerprint density at radius 2 is 1.54 bits per heavy atom. The summed E-state index contributed by atoms with van der Waals surface area (Å²) in [5.74, 6) is 0.0742. The Kier molecular flexibility index (Phi) is 10.4. The zero-order valence-electron chi connectivity index (χ0n) is 17.1. The topological polar surface area (TPSA) is 76.0 Å². The van der Waals surface area contributed by atoms with Gasteiger partial charge in [0.1, 0.15) is 17.4 Å². The SMILES string of the molecule is CCCCCCCCCCOc1ccccc1C(=O)OC1C[C@H](O)C[C@@H](O)C1. The van der Waals surface area contributed by atoms with E-state index in [-0.39, 0.29) is 0 Å². The molecule has 0 radical (unpaired) electrons. The van der Waals surface area contributed by atoms with E-state index in [1.165, 1.54) is 38.5 Å². The molecule has 158 valence electrons. The van der Waals surface area contributed by atoms with Crippen LogP contribution in [0, 0.1) is 0 Å². The van der Waals surface area contributed by atoms with Crippen molar-refractivity contribution in [1.82, 2.24) is 0 Å². The lowest BCUT2D eigenvalue weighted by atomic mass is 9.92. The molecule has 0 aliphatic heterocycles. The Morgan fingerprint density at radius 1 is 0.929 bits per heavy atom. The van der Waals surface area contributed by atoms with Gasteiger partial charge in [-0.3, -0.25) is 0 Å². The molecule has 2 N–H and O–H groups in total. The molecule has 1 fully saturated rings. The number of esters is 1. The first-order chi connectivity index (χ1) is 13.6. The number of unbranched alkanes of at least 4 members (excludes halogenated alkanes) is 7. The normalized spacial score (nSPS) is 22.0. The molecule has 1 aliphatic rings. The van der Waals surface area contributed by atoms with Crippen molar-refractivity contribution >= 4 is 5.97 Å². The monoisotopic (exact) mass is 392 g/mol. The van der Waals surface area contributed by atoms with Crippen LogP contribution in [0.25, 0.3) is 0 Å². The largest absolute Gasteiger partial charge is 0.493 e. The van der Waals surface area contributed by atoms with Crippen molar-refractivity contribution < 1.29 is 24.5 Å². The lowest BCUT2D eigenvalue weighted by Gasteiger charge is -2.29. The quantitative estimate of drug-likeness (QED) is 0.400. The van der Waals surface area contributed by atoms with Crippen molar-refractivity contribution in [2.24, 2.45) is 0 Å². The molecule has 0 bridgehead atoms. The molecular formula is C23H36O5. The highest BCUT2D eigenvalue weighted by atomic mass is 16.5. The van der Waals surface area contributed by atoms with Gasteiger partial charge in [-0.25, -0.2) is 4.79 Å². The van der Waals surface area contributed by atoms with Crippen LogP contribution in [0.5, 0.6) is 5.75 Å². The Hall–Kier alpha value is -1.59. The molecule has 0 spiro atoms. The molecule has 1 aromatic rings. The van der Waals surface area contributed by atoms with Gasteiger partial charge < -0.3 is 19.7 Å². The molecule has 2 rings (SSSR count). The second kappa shape index (κ2) is 12.8. The summed E-state index contributed by atoms with van der Waals surface area (Å²) in [6, 6.07) is 7.10. The first-order valence-corrected chi connectivity index (χ1v) is 10.9. The zero-order valence-corrected chi connectivity index (χ0v) is 17.1. The molecule has 0 amide bonds. The summed E-state index contributed by atoms with van der Waals surface area (Å²) in [6.45, 7) is 2.81. The van der Waals surface area contributed by atoms with Crippen molar-refractivity contribution in [1.29, 1.82) is 0 Å². The molecule has 1 saturated carbocycles. The Morgan fingerprint density at radius 3 is 2.21 bits per heavy atom. The molecule has 0 heterocycles. The fourth-order valence-electron chi connectivity index (χ4n) is 3.70. The first kappa shape index (κ1) is 22.7. The van der Waals surface area contributed by atoms with Crippen LogP contribution in [0.15, 0.2) is 24.3 Å². The van der Waals surface area contributed by atoms with Crippen LogP contribution < -0.4 is 4.74 Å². The highest BCUT2D eigenvalue weighted by molar-refractivity contribution is 5.92. The number of aliphatic hydroxyl groups excluding tert-OH is 2. The van der Waals surface area contributed by atoms with Crippen molar-refractivity contribution in [2.45, 2.75) is 95.9 Å². The van der Waals surface area contributed by atoms with Gasteiger partial charge in [0.15, 0.2) is 0 Å². The molecule has 5 heteroatoms. The number of carbonyl (C=O) groups is 1. The van der Waals surface area contributed by atoms with Gasteiger partial charge in [-0.1, -0.05) is 64.0 Å². The lowest BCUT2D eigenvalue weighted by molar-refractivity contribution is -0.0409. The summed E-state index contributed by atoms with van der Waals surface area (Å²) >= 11 is 0. The summed E-state index contributed by atoms with van der Waals surface area (Å²) in [6.07, 6.45) is 9.20. The van der Waals surface area contributed by atoms with Crippen LogP contribution in [-0.4, -0.2) is 41.1 Å². The highest BCUT2D eigenvalue weighted by Gasteiger charge is 2.29. The van der Waals surface area contributed by atoms with Gasteiger partial charge >= 0.3 is 5.97 Å². The third kappa shape index (κ3) is 8.19. The van der Waals surface area contributed by atoms with E-state index in [9.17, 15) is 15.0 Å². The van der Waals surface area contributed by atoms with E-state index in [2.05, 4.69) is 6.92 Å². The second-order valence-electron chi connectivity index (χ2n) is 7.86. The molecule has 1 aliphatic carbocycles. The number of ether oxygens (including phenoxy) is 2. The Bertz CT molecular complexity index is 564. The summed E-state index contributed by atoms with van der Waals surface area (Å²) in [7, 11) is 0. The van der Waals surface area contributed by atoms with Gasteiger partial charge in [-0.15, -0.1) is 0 Å². The fraction of sp³-hybridized carbons (Fsp3) is 0.696. The van der Waals surface area contributed by atoms with Crippen LogP contribution in [0.3, 0.4) is 0 Å². The molecule has 0 aromatic heterocycles. The van der Waals surface area contributed by atoms with Crippen molar-refractivity contribution in [2.75, 3.05) is 6.61 Å². The van der Waals surface area contributed by atoms with E-state index in [4.69, 9.17) is 9.47 Å². The molecular weight excluding hydrogens is 356 g/mol. The molecule has 0 saturated heterocycles. The van der Waals surface area contributed by atoms with Gasteiger partial charge in [-0.2, -0.15) is 0 Å². The number of para-hydroxylation sites is 1. The van der Waals surface area contributed by atoms with Crippen LogP contribution in [0.1, 0.15) is 87.9 Å². The maximum Gasteiger partial charge on any atom is 0.342 e. The van der Waals surface area contributed by atoms with E-state index >= 15 is 0 Å². The lowest BCUT2D eigenvalue weighted by Crippen LogP contribution is -2.35. The maximum absolute atomic E-state index is 12.5. The van der Waals surface area contributed by atoms with E-state index in [1.54, 1.807) is 18.2 Å². The van der Waals surface area contributed by atoms with Crippen LogP contribution in [-0.2, 0) is 4.74 Å². The van der Waals surface area contributed by atoms with E-state index in [0.717, 1.165) is 12.8 Å². The third-order valence-electron chi connectivity index (χ3n) is 5.25. The number of hydrogen-bond acceptors (Lipinski definition) is 5. The fourth-order valence-corrected chi connectivity index (χ4v) is 3.70. The van der Waals surface area contributed by atoms with Crippen LogP contribution in [0.2, 0.25) is 0 Å². The third-order valence-corrected chi connectivity index (χ3v) is 5.25. The minimum Gasteiger partial charge on any atom is -0.493 e. The van der Waals surface area contributed by atoms with Crippen molar-refractivity contribution in [3.63, 3.8) is 0 Å². The number of carbonyl (C=O) groups excluding carboxylic acids is 1. The molecule has 0 unspecified atom stereocenters. The predicted octanol–water partition coefficient (Wildman–Crippen LogP) is 4.64. The van der Waals surface area contributed by atoms with Gasteiger partial charge in [-0.05, 0) is 25.0 Å².